The number of likely N-dealkylation sites (tertiary alicyclic amines) is 1. The van der Waals surface area contributed by atoms with E-state index in [0.717, 1.165) is 13.1 Å². The fourth-order valence-corrected chi connectivity index (χ4v) is 5.20. The number of nitrogens with one attached hydrogen (secondary N) is 1. The van der Waals surface area contributed by atoms with Gasteiger partial charge < -0.3 is 4.74 Å². The Balaban J connectivity index is 1.71. The summed E-state index contributed by atoms with van der Waals surface area (Å²) in [6.07, 6.45) is 2.72. The van der Waals surface area contributed by atoms with Gasteiger partial charge in [-0.15, -0.1) is 0 Å². The molecule has 2 saturated heterocycles. The zero-order valence-electron chi connectivity index (χ0n) is 13.6. The van der Waals surface area contributed by atoms with Crippen molar-refractivity contribution in [1.82, 2.24) is 9.62 Å². The van der Waals surface area contributed by atoms with Crippen LogP contribution in [0.15, 0.2) is 30.3 Å². The lowest BCUT2D eigenvalue weighted by Gasteiger charge is -2.29. The van der Waals surface area contributed by atoms with E-state index >= 15 is 0 Å². The molecule has 0 radical (unpaired) electrons. The molecule has 23 heavy (non-hydrogen) atoms. The van der Waals surface area contributed by atoms with Gasteiger partial charge in [-0.2, -0.15) is 0 Å². The van der Waals surface area contributed by atoms with Crippen LogP contribution in [0.2, 0.25) is 0 Å². The largest absolute Gasteiger partial charge is 0.377 e. The van der Waals surface area contributed by atoms with Gasteiger partial charge in [-0.25, -0.2) is 13.1 Å². The van der Waals surface area contributed by atoms with Gasteiger partial charge in [-0.05, 0) is 44.8 Å². The number of hydrogen-bond donors (Lipinski definition) is 1. The first-order valence-electron chi connectivity index (χ1n) is 8.47. The van der Waals surface area contributed by atoms with Crippen LogP contribution >= 0.6 is 0 Å². The summed E-state index contributed by atoms with van der Waals surface area (Å²) in [5, 5.41) is -0.433. The van der Waals surface area contributed by atoms with Crippen LogP contribution in [0.1, 0.15) is 37.8 Å². The van der Waals surface area contributed by atoms with Crippen LogP contribution in [-0.2, 0) is 14.8 Å². The summed E-state index contributed by atoms with van der Waals surface area (Å²) >= 11 is 0. The molecular formula is C17H26N2O3S. The van der Waals surface area contributed by atoms with E-state index in [0.29, 0.717) is 19.6 Å². The minimum absolute atomic E-state index is 0.103. The second kappa shape index (κ2) is 7.30. The topological polar surface area (TPSA) is 58.6 Å². The summed E-state index contributed by atoms with van der Waals surface area (Å²) in [4.78, 5) is 2.38. The molecule has 0 amide bonds. The highest BCUT2D eigenvalue weighted by Crippen LogP contribution is 2.26. The number of nitrogens with zero attached hydrogens (tertiary/aromatic N) is 1. The van der Waals surface area contributed by atoms with Crippen LogP contribution in [0.25, 0.3) is 0 Å². The SMILES string of the molecule is C[C@@H]1OCC[C@@H]1S(=O)(=O)NC[C@H](c1ccccc1)N1CCCC1. The van der Waals surface area contributed by atoms with Crippen LogP contribution in [0.4, 0.5) is 0 Å². The van der Waals surface area contributed by atoms with Gasteiger partial charge in [0.25, 0.3) is 0 Å². The number of sulfonamides is 1. The molecule has 0 saturated carbocycles. The monoisotopic (exact) mass is 338 g/mol. The van der Waals surface area contributed by atoms with E-state index in [4.69, 9.17) is 4.74 Å². The van der Waals surface area contributed by atoms with E-state index in [1.807, 2.05) is 25.1 Å². The fourth-order valence-electron chi connectivity index (χ4n) is 3.61. The second-order valence-corrected chi connectivity index (χ2v) is 8.45. The lowest BCUT2D eigenvalue weighted by Crippen LogP contribution is -2.42. The van der Waals surface area contributed by atoms with Crippen molar-refractivity contribution in [2.24, 2.45) is 0 Å². The third kappa shape index (κ3) is 3.94. The highest BCUT2D eigenvalue weighted by molar-refractivity contribution is 7.90. The highest BCUT2D eigenvalue weighted by atomic mass is 32.2. The molecule has 2 aliphatic heterocycles. The van der Waals surface area contributed by atoms with Crippen LogP contribution in [-0.4, -0.2) is 50.9 Å². The van der Waals surface area contributed by atoms with Gasteiger partial charge in [0.2, 0.25) is 10.0 Å². The minimum Gasteiger partial charge on any atom is -0.377 e. The number of ether oxygens (including phenoxy) is 1. The predicted molar refractivity (Wildman–Crippen MR) is 90.7 cm³/mol. The maximum Gasteiger partial charge on any atom is 0.217 e. The summed E-state index contributed by atoms with van der Waals surface area (Å²) in [7, 11) is -3.34. The minimum atomic E-state index is -3.34. The Labute approximate surface area is 139 Å². The molecule has 3 atom stereocenters. The normalized spacial score (nSPS) is 27.3. The van der Waals surface area contributed by atoms with Crippen molar-refractivity contribution < 1.29 is 13.2 Å². The van der Waals surface area contributed by atoms with Crippen molar-refractivity contribution in [2.75, 3.05) is 26.2 Å². The zero-order valence-corrected chi connectivity index (χ0v) is 14.5. The van der Waals surface area contributed by atoms with Gasteiger partial charge in [0.1, 0.15) is 5.25 Å². The van der Waals surface area contributed by atoms with Gasteiger partial charge in [-0.3, -0.25) is 4.90 Å². The highest BCUT2D eigenvalue weighted by Gasteiger charge is 2.36. The van der Waals surface area contributed by atoms with E-state index < -0.39 is 15.3 Å². The average Bonchev–Trinajstić information content (AvgIpc) is 3.20. The average molecular weight is 338 g/mol. The Morgan fingerprint density at radius 2 is 1.96 bits per heavy atom. The van der Waals surface area contributed by atoms with Crippen molar-refractivity contribution in [3.8, 4) is 0 Å². The van der Waals surface area contributed by atoms with Crippen molar-refractivity contribution >= 4 is 10.0 Å². The van der Waals surface area contributed by atoms with Gasteiger partial charge in [-0.1, -0.05) is 30.3 Å². The summed E-state index contributed by atoms with van der Waals surface area (Å²) < 4.78 is 33.4. The van der Waals surface area contributed by atoms with E-state index in [9.17, 15) is 8.42 Å². The van der Waals surface area contributed by atoms with E-state index in [-0.39, 0.29) is 12.1 Å². The Bertz CT molecular complexity index is 600. The third-order valence-corrected chi connectivity index (χ3v) is 6.93. The van der Waals surface area contributed by atoms with Gasteiger partial charge >= 0.3 is 0 Å². The smallest absolute Gasteiger partial charge is 0.217 e. The molecule has 2 aliphatic rings. The second-order valence-electron chi connectivity index (χ2n) is 6.47. The van der Waals surface area contributed by atoms with Gasteiger partial charge in [0.15, 0.2) is 0 Å². The molecule has 2 fully saturated rings. The molecule has 2 heterocycles. The maximum absolute atomic E-state index is 12.6. The van der Waals surface area contributed by atoms with Crippen molar-refractivity contribution in [1.29, 1.82) is 0 Å². The van der Waals surface area contributed by atoms with Crippen LogP contribution in [0.5, 0.6) is 0 Å². The van der Waals surface area contributed by atoms with Crippen molar-refractivity contribution in [2.45, 2.75) is 43.6 Å². The Morgan fingerprint density at radius 3 is 2.57 bits per heavy atom. The summed E-state index contributed by atoms with van der Waals surface area (Å²) in [6.45, 7) is 4.86. The predicted octanol–water partition coefficient (Wildman–Crippen LogP) is 1.92. The molecule has 0 aliphatic carbocycles. The first-order valence-corrected chi connectivity index (χ1v) is 10.0. The lowest BCUT2D eigenvalue weighted by atomic mass is 10.1. The van der Waals surface area contributed by atoms with Gasteiger partial charge in [0, 0.05) is 19.2 Å². The molecule has 128 valence electrons. The van der Waals surface area contributed by atoms with Gasteiger partial charge in [0.05, 0.1) is 6.10 Å². The molecule has 5 nitrogen and oxygen atoms in total. The molecule has 6 heteroatoms. The molecule has 0 aromatic heterocycles. The summed E-state index contributed by atoms with van der Waals surface area (Å²) in [6, 6.07) is 10.3. The molecule has 1 N–H and O–H groups in total. The Hall–Kier alpha value is -0.950. The number of hydrogen-bond acceptors (Lipinski definition) is 4. The first-order chi connectivity index (χ1) is 11.1. The Kier molecular flexibility index (Phi) is 5.36. The molecule has 3 rings (SSSR count). The fraction of sp³-hybridized carbons (Fsp3) is 0.647. The zero-order chi connectivity index (χ0) is 16.3. The first kappa shape index (κ1) is 16.9. The van der Waals surface area contributed by atoms with Crippen LogP contribution in [0, 0.1) is 0 Å². The maximum atomic E-state index is 12.6. The molecule has 0 spiro atoms. The quantitative estimate of drug-likeness (QED) is 0.861. The van der Waals surface area contributed by atoms with E-state index in [1.54, 1.807) is 0 Å². The summed E-state index contributed by atoms with van der Waals surface area (Å²) in [5.41, 5.74) is 1.17. The molecular weight excluding hydrogens is 312 g/mol. The molecule has 1 aromatic carbocycles. The van der Waals surface area contributed by atoms with E-state index in [1.165, 1.54) is 18.4 Å². The van der Waals surface area contributed by atoms with E-state index in [2.05, 4.69) is 21.8 Å². The summed E-state index contributed by atoms with van der Waals surface area (Å²) in [5.74, 6) is 0. The molecule has 1 aromatic rings. The van der Waals surface area contributed by atoms with Crippen molar-refractivity contribution in [3.05, 3.63) is 35.9 Å². The molecule has 0 bridgehead atoms. The van der Waals surface area contributed by atoms with Crippen LogP contribution < -0.4 is 4.72 Å². The third-order valence-electron chi connectivity index (χ3n) is 4.95. The lowest BCUT2D eigenvalue weighted by molar-refractivity contribution is 0.126. The Morgan fingerprint density at radius 1 is 1.26 bits per heavy atom. The standard InChI is InChI=1S/C17H26N2O3S/c1-14-17(9-12-22-14)23(20,21)18-13-16(19-10-5-6-11-19)15-7-3-2-4-8-15/h2-4,7-8,14,16-18H,5-6,9-13H2,1H3/t14-,16+,17-/m0/s1. The number of rotatable bonds is 6. The van der Waals surface area contributed by atoms with Crippen LogP contribution in [0.3, 0.4) is 0 Å². The van der Waals surface area contributed by atoms with Crippen molar-refractivity contribution in [3.63, 3.8) is 0 Å². The molecule has 0 unspecified atom stereocenters. The number of benzene rings is 1.